The number of hydrogen-bond acceptors (Lipinski definition) is 2. The molecule has 0 saturated carbocycles. The highest BCUT2D eigenvalue weighted by Gasteiger charge is 2.01. The van der Waals surface area contributed by atoms with Crippen molar-refractivity contribution in [1.82, 2.24) is 5.32 Å². The van der Waals surface area contributed by atoms with Crippen LogP contribution in [-0.2, 0) is 0 Å². The van der Waals surface area contributed by atoms with E-state index in [0.29, 0.717) is 6.61 Å². The van der Waals surface area contributed by atoms with Gasteiger partial charge in [0.15, 0.2) is 0 Å². The van der Waals surface area contributed by atoms with Crippen molar-refractivity contribution < 1.29 is 13.5 Å². The zero-order valence-corrected chi connectivity index (χ0v) is 11.6. The minimum Gasteiger partial charge on any atom is -0.493 e. The molecule has 0 bridgehead atoms. The van der Waals surface area contributed by atoms with Crippen LogP contribution < -0.4 is 10.1 Å². The average Bonchev–Trinajstić information content (AvgIpc) is 2.36. The second kappa shape index (κ2) is 9.73. The number of benzene rings is 1. The van der Waals surface area contributed by atoms with E-state index in [2.05, 4.69) is 12.2 Å². The van der Waals surface area contributed by atoms with Gasteiger partial charge in [-0.3, -0.25) is 0 Å². The van der Waals surface area contributed by atoms with Crippen LogP contribution >= 0.6 is 0 Å². The molecular formula is C15H23F2NO. The number of halogens is 2. The Kier molecular flexibility index (Phi) is 8.14. The third-order valence-corrected chi connectivity index (χ3v) is 2.78. The van der Waals surface area contributed by atoms with Crippen molar-refractivity contribution in [3.05, 3.63) is 29.8 Å². The van der Waals surface area contributed by atoms with Gasteiger partial charge in [0.2, 0.25) is 0 Å². The van der Waals surface area contributed by atoms with Gasteiger partial charge in [0.1, 0.15) is 17.4 Å². The van der Waals surface area contributed by atoms with Crippen LogP contribution in [0.5, 0.6) is 5.75 Å². The molecule has 0 unspecified atom stereocenters. The Bertz CT molecular complexity index is 338. The molecule has 108 valence electrons. The predicted octanol–water partition coefficient (Wildman–Crippen LogP) is 3.90. The summed E-state index contributed by atoms with van der Waals surface area (Å²) in [6, 6.07) is 3.26. The number of hydrogen-bond donors (Lipinski definition) is 1. The molecule has 0 aliphatic carbocycles. The lowest BCUT2D eigenvalue weighted by Gasteiger charge is -2.06. The van der Waals surface area contributed by atoms with E-state index >= 15 is 0 Å². The van der Waals surface area contributed by atoms with E-state index in [-0.39, 0.29) is 5.75 Å². The normalized spacial score (nSPS) is 10.7. The quantitative estimate of drug-likeness (QED) is 0.652. The number of rotatable bonds is 10. The van der Waals surface area contributed by atoms with E-state index in [1.165, 1.54) is 12.1 Å². The molecule has 1 rings (SSSR count). The summed E-state index contributed by atoms with van der Waals surface area (Å²) in [5.74, 6) is -0.934. The fraction of sp³-hybridized carbons (Fsp3) is 0.600. The van der Waals surface area contributed by atoms with Crippen LogP contribution in [-0.4, -0.2) is 19.7 Å². The smallest absolute Gasteiger partial charge is 0.129 e. The molecule has 1 aromatic carbocycles. The molecule has 2 nitrogen and oxygen atoms in total. The monoisotopic (exact) mass is 271 g/mol. The number of nitrogens with one attached hydrogen (secondary N) is 1. The maximum absolute atomic E-state index is 12.9. The van der Waals surface area contributed by atoms with Crippen molar-refractivity contribution in [3.63, 3.8) is 0 Å². The summed E-state index contributed by atoms with van der Waals surface area (Å²) in [4.78, 5) is 0. The largest absolute Gasteiger partial charge is 0.493 e. The van der Waals surface area contributed by atoms with Gasteiger partial charge in [-0.25, -0.2) is 8.78 Å². The lowest BCUT2D eigenvalue weighted by atomic mass is 10.2. The third-order valence-electron chi connectivity index (χ3n) is 2.78. The lowest BCUT2D eigenvalue weighted by molar-refractivity contribution is 0.301. The predicted molar refractivity (Wildman–Crippen MR) is 73.5 cm³/mol. The first-order valence-electron chi connectivity index (χ1n) is 7.02. The summed E-state index contributed by atoms with van der Waals surface area (Å²) in [6.07, 6.45) is 5.46. The van der Waals surface area contributed by atoms with Gasteiger partial charge < -0.3 is 10.1 Å². The second-order valence-electron chi connectivity index (χ2n) is 4.62. The van der Waals surface area contributed by atoms with Gasteiger partial charge in [0.25, 0.3) is 0 Å². The van der Waals surface area contributed by atoms with Crippen LogP contribution in [0.3, 0.4) is 0 Å². The molecule has 0 saturated heterocycles. The molecule has 0 atom stereocenters. The van der Waals surface area contributed by atoms with Gasteiger partial charge in [-0.1, -0.05) is 19.8 Å². The van der Waals surface area contributed by atoms with Gasteiger partial charge in [0, 0.05) is 18.2 Å². The Morgan fingerprint density at radius 1 is 0.947 bits per heavy atom. The Labute approximate surface area is 114 Å². The molecule has 0 fully saturated rings. The highest BCUT2D eigenvalue weighted by Crippen LogP contribution is 2.15. The highest BCUT2D eigenvalue weighted by atomic mass is 19.1. The van der Waals surface area contributed by atoms with E-state index in [9.17, 15) is 8.78 Å². The Morgan fingerprint density at radius 2 is 1.63 bits per heavy atom. The molecule has 4 heteroatoms. The molecular weight excluding hydrogens is 248 g/mol. The van der Waals surface area contributed by atoms with Crippen molar-refractivity contribution in [2.75, 3.05) is 19.7 Å². The molecule has 0 heterocycles. The number of ether oxygens (including phenoxy) is 1. The van der Waals surface area contributed by atoms with Crippen LogP contribution in [0.15, 0.2) is 18.2 Å². The summed E-state index contributed by atoms with van der Waals surface area (Å²) in [5.41, 5.74) is 0. The minimum atomic E-state index is -0.600. The van der Waals surface area contributed by atoms with Crippen molar-refractivity contribution in [3.8, 4) is 5.75 Å². The zero-order valence-electron chi connectivity index (χ0n) is 11.6. The van der Waals surface area contributed by atoms with Crippen LogP contribution in [0.25, 0.3) is 0 Å². The van der Waals surface area contributed by atoms with Crippen LogP contribution in [0.2, 0.25) is 0 Å². The van der Waals surface area contributed by atoms with Gasteiger partial charge >= 0.3 is 0 Å². The lowest BCUT2D eigenvalue weighted by Crippen LogP contribution is -2.15. The molecule has 1 N–H and O–H groups in total. The summed E-state index contributed by atoms with van der Waals surface area (Å²) in [5, 5.41) is 3.35. The molecule has 19 heavy (non-hydrogen) atoms. The zero-order chi connectivity index (χ0) is 13.9. The van der Waals surface area contributed by atoms with Crippen molar-refractivity contribution in [2.24, 2.45) is 0 Å². The number of unbranched alkanes of at least 4 members (excludes halogenated alkanes) is 3. The first-order chi connectivity index (χ1) is 9.22. The SMILES string of the molecule is CCCNCCCCCCOc1cc(F)cc(F)c1. The first kappa shape index (κ1) is 15.9. The Balaban J connectivity index is 2.01. The summed E-state index contributed by atoms with van der Waals surface area (Å²) < 4.78 is 31.1. The Hall–Kier alpha value is -1.16. The Morgan fingerprint density at radius 3 is 2.32 bits per heavy atom. The van der Waals surface area contributed by atoms with Gasteiger partial charge in [-0.2, -0.15) is 0 Å². The van der Waals surface area contributed by atoms with Crippen molar-refractivity contribution in [2.45, 2.75) is 39.0 Å². The van der Waals surface area contributed by atoms with Gasteiger partial charge in [0.05, 0.1) is 6.61 Å². The third kappa shape index (κ3) is 7.78. The minimum absolute atomic E-state index is 0.266. The van der Waals surface area contributed by atoms with Gasteiger partial charge in [-0.15, -0.1) is 0 Å². The van der Waals surface area contributed by atoms with Crippen LogP contribution in [0.4, 0.5) is 8.78 Å². The molecule has 0 aromatic heterocycles. The average molecular weight is 271 g/mol. The van der Waals surface area contributed by atoms with Crippen molar-refractivity contribution in [1.29, 1.82) is 0 Å². The topological polar surface area (TPSA) is 21.3 Å². The summed E-state index contributed by atoms with van der Waals surface area (Å²) in [6.45, 7) is 4.79. The maximum atomic E-state index is 12.9. The summed E-state index contributed by atoms with van der Waals surface area (Å²) >= 11 is 0. The van der Waals surface area contributed by atoms with Crippen LogP contribution in [0.1, 0.15) is 39.0 Å². The van der Waals surface area contributed by atoms with E-state index in [0.717, 1.165) is 51.3 Å². The van der Waals surface area contributed by atoms with E-state index in [4.69, 9.17) is 4.74 Å². The molecule has 0 amide bonds. The van der Waals surface area contributed by atoms with E-state index in [1.54, 1.807) is 0 Å². The molecule has 1 aromatic rings. The standard InChI is InChI=1S/C15H23F2NO/c1-2-7-18-8-5-3-4-6-9-19-15-11-13(16)10-14(17)12-15/h10-12,18H,2-9H2,1H3. The molecule has 0 aliphatic heterocycles. The second-order valence-corrected chi connectivity index (χ2v) is 4.62. The van der Waals surface area contributed by atoms with Gasteiger partial charge in [-0.05, 0) is 32.4 Å². The molecule has 0 spiro atoms. The van der Waals surface area contributed by atoms with E-state index in [1.807, 2.05) is 0 Å². The van der Waals surface area contributed by atoms with Crippen LogP contribution in [0, 0.1) is 11.6 Å². The van der Waals surface area contributed by atoms with E-state index < -0.39 is 11.6 Å². The molecule has 0 aliphatic rings. The molecule has 0 radical (unpaired) electrons. The van der Waals surface area contributed by atoms with Crippen molar-refractivity contribution >= 4 is 0 Å². The summed E-state index contributed by atoms with van der Waals surface area (Å²) in [7, 11) is 0. The fourth-order valence-corrected chi connectivity index (χ4v) is 1.81. The highest BCUT2D eigenvalue weighted by molar-refractivity contribution is 5.23. The maximum Gasteiger partial charge on any atom is 0.129 e. The first-order valence-corrected chi connectivity index (χ1v) is 7.02. The fourth-order valence-electron chi connectivity index (χ4n) is 1.81.